The fourth-order valence-electron chi connectivity index (χ4n) is 5.76. The van der Waals surface area contributed by atoms with Gasteiger partial charge in [-0.3, -0.25) is 14.5 Å². The lowest BCUT2D eigenvalue weighted by atomic mass is 10.0. The zero-order valence-corrected chi connectivity index (χ0v) is 22.9. The molecule has 1 saturated carbocycles. The number of carbonyl (C=O) groups excluding carboxylic acids is 2. The number of fused-ring (bicyclic) bond motifs is 2. The predicted molar refractivity (Wildman–Crippen MR) is 150 cm³/mol. The van der Waals surface area contributed by atoms with Gasteiger partial charge >= 0.3 is 12.1 Å². The van der Waals surface area contributed by atoms with Crippen molar-refractivity contribution in [1.29, 1.82) is 0 Å². The average molecular weight is 594 g/mol. The number of carboxylic acids is 1. The molecular weight excluding hydrogens is 565 g/mol. The van der Waals surface area contributed by atoms with Crippen LogP contribution in [-0.4, -0.2) is 82.5 Å². The molecule has 3 N–H and O–H groups in total. The van der Waals surface area contributed by atoms with Crippen LogP contribution in [-0.2, 0) is 9.53 Å². The summed E-state index contributed by atoms with van der Waals surface area (Å²) in [6, 6.07) is 4.53. The highest BCUT2D eigenvalue weighted by molar-refractivity contribution is 5.95. The second kappa shape index (κ2) is 10.5. The Morgan fingerprint density at radius 1 is 1.14 bits per heavy atom. The van der Waals surface area contributed by atoms with E-state index in [0.29, 0.717) is 49.7 Å². The molecule has 3 fully saturated rings. The molecule has 0 bridgehead atoms. The van der Waals surface area contributed by atoms with E-state index in [-0.39, 0.29) is 48.2 Å². The van der Waals surface area contributed by atoms with Crippen molar-refractivity contribution < 1.29 is 33.4 Å². The van der Waals surface area contributed by atoms with Gasteiger partial charge in [-0.15, -0.1) is 0 Å². The highest BCUT2D eigenvalue weighted by atomic mass is 19.1. The summed E-state index contributed by atoms with van der Waals surface area (Å²) in [6.07, 6.45) is 3.42. The molecule has 15 heteroatoms. The molecule has 2 saturated heterocycles. The van der Waals surface area contributed by atoms with E-state index < -0.39 is 35.0 Å². The number of cyclic esters (lactones) is 1. The number of carboxylic acid groups (broad SMARTS) is 1. The molecule has 1 atom stereocenters. The van der Waals surface area contributed by atoms with Crippen LogP contribution in [0.2, 0.25) is 0 Å². The molecule has 0 aromatic carbocycles. The van der Waals surface area contributed by atoms with Crippen molar-refractivity contribution in [2.45, 2.75) is 43.9 Å². The predicted octanol–water partition coefficient (Wildman–Crippen LogP) is 1.88. The first-order chi connectivity index (χ1) is 20.7. The smallest absolute Gasteiger partial charge is 0.416 e. The lowest BCUT2D eigenvalue weighted by Gasteiger charge is -2.34. The molecule has 14 nitrogen and oxygen atoms in total. The van der Waals surface area contributed by atoms with Gasteiger partial charge in [-0.2, -0.15) is 0 Å². The molecule has 1 unspecified atom stereocenters. The number of hydrogen-bond acceptors (Lipinski definition) is 10. The Morgan fingerprint density at radius 2 is 1.93 bits per heavy atom. The van der Waals surface area contributed by atoms with Gasteiger partial charge in [0.05, 0.1) is 11.9 Å². The van der Waals surface area contributed by atoms with Crippen LogP contribution in [0, 0.1) is 5.82 Å². The normalized spacial score (nSPS) is 20.5. The van der Waals surface area contributed by atoms with Crippen LogP contribution < -0.4 is 30.6 Å². The Kier molecular flexibility index (Phi) is 6.60. The highest BCUT2D eigenvalue weighted by Crippen LogP contribution is 2.37. The molecule has 0 spiro atoms. The highest BCUT2D eigenvalue weighted by Gasteiger charge is 2.35. The molecule has 43 heavy (non-hydrogen) atoms. The maximum absolute atomic E-state index is 15.2. The van der Waals surface area contributed by atoms with Gasteiger partial charge in [0.1, 0.15) is 23.1 Å². The number of anilines is 3. The fourth-order valence-corrected chi connectivity index (χ4v) is 5.76. The number of piperidine rings is 1. The van der Waals surface area contributed by atoms with Crippen molar-refractivity contribution in [3.63, 3.8) is 0 Å². The summed E-state index contributed by atoms with van der Waals surface area (Å²) in [4.78, 5) is 60.6. The van der Waals surface area contributed by atoms with Crippen molar-refractivity contribution in [2.24, 2.45) is 0 Å². The first kappa shape index (κ1) is 27.1. The van der Waals surface area contributed by atoms with Crippen LogP contribution in [0.4, 0.5) is 26.6 Å². The number of halogens is 1. The Labute approximate surface area is 243 Å². The monoisotopic (exact) mass is 593 g/mol. The number of aromatic carboxylic acids is 1. The van der Waals surface area contributed by atoms with Gasteiger partial charge in [-0.25, -0.2) is 23.9 Å². The SMILES string of the molecule is O=C1COc2ccc(N3CC(CNC4CCN(c5nc6c(cc5F)c(=O)c(C(=O)O)cn6C5CC5)CC4)OC3=O)nc2N1. The number of amides is 2. The standard InChI is InChI=1S/C28H28FN7O7/c29-19-9-17-23(38)18(27(39)40)12-35(15-1-2-15)25(17)33-26(19)34-7-5-14(6-8-34)30-10-16-11-36(28(41)43-16)21-4-3-20-24(31-21)32-22(37)13-42-20/h3-4,9,12,14-16,30H,1-2,5-8,10-11,13H2,(H,39,40)(H,31,32,37). The fraction of sp³-hybridized carbons (Fsp3) is 0.429. The summed E-state index contributed by atoms with van der Waals surface area (Å²) in [5.41, 5.74) is -0.835. The van der Waals surface area contributed by atoms with Crippen molar-refractivity contribution in [2.75, 3.05) is 47.9 Å². The number of pyridine rings is 3. The number of ether oxygens (including phenoxy) is 2. The van der Waals surface area contributed by atoms with E-state index in [9.17, 15) is 24.3 Å². The average Bonchev–Trinajstić information content (AvgIpc) is 3.77. The number of rotatable bonds is 7. The zero-order chi connectivity index (χ0) is 29.8. The molecule has 3 aromatic heterocycles. The van der Waals surface area contributed by atoms with E-state index in [1.165, 1.54) is 11.1 Å². The van der Waals surface area contributed by atoms with Gasteiger partial charge in [0, 0.05) is 37.9 Å². The molecule has 4 aliphatic rings. The molecule has 3 aliphatic heterocycles. The van der Waals surface area contributed by atoms with Gasteiger partial charge in [0.25, 0.3) is 5.91 Å². The minimum Gasteiger partial charge on any atom is -0.480 e. The number of nitrogens with zero attached hydrogens (tertiary/aromatic N) is 5. The lowest BCUT2D eigenvalue weighted by Crippen LogP contribution is -2.45. The maximum Gasteiger partial charge on any atom is 0.416 e. The lowest BCUT2D eigenvalue weighted by molar-refractivity contribution is -0.118. The zero-order valence-electron chi connectivity index (χ0n) is 22.9. The van der Waals surface area contributed by atoms with Crippen molar-refractivity contribution in [3.05, 3.63) is 46.0 Å². The van der Waals surface area contributed by atoms with Gasteiger partial charge < -0.3 is 34.7 Å². The minimum absolute atomic E-state index is 0.0339. The number of aromatic nitrogens is 3. The summed E-state index contributed by atoms with van der Waals surface area (Å²) >= 11 is 0. The van der Waals surface area contributed by atoms with Gasteiger partial charge in [-0.1, -0.05) is 0 Å². The van der Waals surface area contributed by atoms with E-state index in [4.69, 9.17) is 9.47 Å². The molecule has 0 radical (unpaired) electrons. The van der Waals surface area contributed by atoms with E-state index in [1.54, 1.807) is 16.7 Å². The molecule has 1 aliphatic carbocycles. The third kappa shape index (κ3) is 5.09. The quantitative estimate of drug-likeness (QED) is 0.366. The Balaban J connectivity index is 0.983. The van der Waals surface area contributed by atoms with Crippen LogP contribution in [0.1, 0.15) is 42.1 Å². The summed E-state index contributed by atoms with van der Waals surface area (Å²) < 4.78 is 27.8. The molecule has 2 amide bonds. The first-order valence-electron chi connectivity index (χ1n) is 14.1. The molecule has 224 valence electrons. The number of carbonyl (C=O) groups is 3. The van der Waals surface area contributed by atoms with Crippen LogP contribution in [0.25, 0.3) is 11.0 Å². The maximum atomic E-state index is 15.2. The van der Waals surface area contributed by atoms with Gasteiger partial charge in [0.2, 0.25) is 5.43 Å². The van der Waals surface area contributed by atoms with Crippen LogP contribution >= 0.6 is 0 Å². The topological polar surface area (TPSA) is 168 Å². The summed E-state index contributed by atoms with van der Waals surface area (Å²) in [5, 5.41) is 15.5. The molecule has 3 aromatic rings. The van der Waals surface area contributed by atoms with E-state index in [0.717, 1.165) is 18.9 Å². The van der Waals surface area contributed by atoms with E-state index in [2.05, 4.69) is 20.6 Å². The Hall–Kier alpha value is -4.79. The second-order valence-electron chi connectivity index (χ2n) is 11.1. The van der Waals surface area contributed by atoms with E-state index >= 15 is 4.39 Å². The number of nitrogens with one attached hydrogen (secondary N) is 2. The summed E-state index contributed by atoms with van der Waals surface area (Å²) in [6.45, 7) is 1.64. The molecule has 7 rings (SSSR count). The van der Waals surface area contributed by atoms with Crippen molar-refractivity contribution in [1.82, 2.24) is 19.9 Å². The van der Waals surface area contributed by atoms with Crippen molar-refractivity contribution >= 4 is 46.5 Å². The Morgan fingerprint density at radius 3 is 2.67 bits per heavy atom. The Bertz CT molecular complexity index is 1720. The first-order valence-corrected chi connectivity index (χ1v) is 14.1. The van der Waals surface area contributed by atoms with Crippen LogP contribution in [0.15, 0.2) is 29.2 Å². The third-order valence-electron chi connectivity index (χ3n) is 8.15. The largest absolute Gasteiger partial charge is 0.480 e. The summed E-state index contributed by atoms with van der Waals surface area (Å²) in [7, 11) is 0. The minimum atomic E-state index is -1.35. The third-order valence-corrected chi connectivity index (χ3v) is 8.15. The van der Waals surface area contributed by atoms with Crippen molar-refractivity contribution in [3.8, 4) is 5.75 Å². The van der Waals surface area contributed by atoms with Gasteiger partial charge in [-0.05, 0) is 43.9 Å². The number of hydrogen-bond donors (Lipinski definition) is 3. The van der Waals surface area contributed by atoms with Gasteiger partial charge in [0.15, 0.2) is 29.8 Å². The van der Waals surface area contributed by atoms with Crippen LogP contribution in [0.3, 0.4) is 0 Å². The molecule has 6 heterocycles. The summed E-state index contributed by atoms with van der Waals surface area (Å²) in [5.74, 6) is -1.15. The molecular formula is C28H28FN7O7. The second-order valence-corrected chi connectivity index (χ2v) is 11.1. The van der Waals surface area contributed by atoms with E-state index in [1.807, 2.05) is 4.90 Å². The van der Waals surface area contributed by atoms with Crippen LogP contribution in [0.5, 0.6) is 5.75 Å².